The number of alkyl carbamates (subject to hydrolysis) is 1. The molecule has 0 radical (unpaired) electrons. The maximum absolute atomic E-state index is 12.2. The SMILES string of the molecule is CCOC=Cc1ccccc1CN(C)C(=O)CNC(=O)OC(C)(C)C. The molecule has 138 valence electrons. The number of rotatable bonds is 7. The molecule has 0 bridgehead atoms. The van der Waals surface area contributed by atoms with Gasteiger partial charge in [0.1, 0.15) is 12.1 Å². The lowest BCUT2D eigenvalue weighted by Gasteiger charge is -2.21. The van der Waals surface area contributed by atoms with E-state index in [1.165, 1.54) is 0 Å². The van der Waals surface area contributed by atoms with Gasteiger partial charge in [-0.15, -0.1) is 0 Å². The lowest BCUT2D eigenvalue weighted by molar-refractivity contribution is -0.129. The Bertz CT molecular complexity index is 606. The third-order valence-corrected chi connectivity index (χ3v) is 3.18. The van der Waals surface area contributed by atoms with Crippen LogP contribution in [0, 0.1) is 0 Å². The molecule has 1 rings (SSSR count). The maximum Gasteiger partial charge on any atom is 0.408 e. The fourth-order valence-electron chi connectivity index (χ4n) is 2.00. The lowest BCUT2D eigenvalue weighted by Crippen LogP contribution is -2.40. The predicted molar refractivity (Wildman–Crippen MR) is 97.8 cm³/mol. The molecule has 0 spiro atoms. The zero-order valence-electron chi connectivity index (χ0n) is 15.7. The molecule has 0 aliphatic carbocycles. The summed E-state index contributed by atoms with van der Waals surface area (Å²) in [5.41, 5.74) is 1.38. The maximum atomic E-state index is 12.2. The molecule has 1 N–H and O–H groups in total. The molecule has 2 amide bonds. The Kier molecular flexibility index (Phi) is 7.98. The van der Waals surface area contributed by atoms with E-state index < -0.39 is 11.7 Å². The summed E-state index contributed by atoms with van der Waals surface area (Å²) in [5.74, 6) is -0.200. The van der Waals surface area contributed by atoms with E-state index in [4.69, 9.17) is 9.47 Å². The molecule has 1 aromatic carbocycles. The topological polar surface area (TPSA) is 67.9 Å². The second-order valence-electron chi connectivity index (χ2n) is 6.56. The van der Waals surface area contributed by atoms with Crippen molar-refractivity contribution in [1.29, 1.82) is 0 Å². The average molecular weight is 348 g/mol. The van der Waals surface area contributed by atoms with Crippen LogP contribution in [0.25, 0.3) is 6.08 Å². The second kappa shape index (κ2) is 9.71. The Labute approximate surface area is 149 Å². The first kappa shape index (κ1) is 20.5. The van der Waals surface area contributed by atoms with E-state index in [1.807, 2.05) is 37.3 Å². The second-order valence-corrected chi connectivity index (χ2v) is 6.56. The fraction of sp³-hybridized carbons (Fsp3) is 0.474. The summed E-state index contributed by atoms with van der Waals surface area (Å²) < 4.78 is 10.3. The number of likely N-dealkylation sites (N-methyl/N-ethyl adjacent to an activating group) is 1. The molecule has 0 unspecified atom stereocenters. The monoisotopic (exact) mass is 348 g/mol. The van der Waals surface area contributed by atoms with Crippen LogP contribution in [-0.2, 0) is 20.8 Å². The van der Waals surface area contributed by atoms with Crippen molar-refractivity contribution < 1.29 is 19.1 Å². The number of hydrogen-bond donors (Lipinski definition) is 1. The molecule has 0 saturated carbocycles. The van der Waals surface area contributed by atoms with Gasteiger partial charge in [0.15, 0.2) is 0 Å². The number of carbonyl (C=O) groups excluding carboxylic acids is 2. The molecular weight excluding hydrogens is 320 g/mol. The molecular formula is C19H28N2O4. The predicted octanol–water partition coefficient (Wildman–Crippen LogP) is 3.18. The zero-order chi connectivity index (χ0) is 18.9. The highest BCUT2D eigenvalue weighted by Crippen LogP contribution is 2.13. The Hall–Kier alpha value is -2.50. The number of benzene rings is 1. The quantitative estimate of drug-likeness (QED) is 0.769. The number of carbonyl (C=O) groups is 2. The minimum atomic E-state index is -0.603. The Balaban J connectivity index is 2.59. The van der Waals surface area contributed by atoms with Crippen molar-refractivity contribution in [2.24, 2.45) is 0 Å². The van der Waals surface area contributed by atoms with Gasteiger partial charge >= 0.3 is 6.09 Å². The minimum absolute atomic E-state index is 0.109. The van der Waals surface area contributed by atoms with Crippen LogP contribution >= 0.6 is 0 Å². The summed E-state index contributed by atoms with van der Waals surface area (Å²) in [6.07, 6.45) is 2.91. The first-order chi connectivity index (χ1) is 11.7. The molecule has 0 aliphatic rings. The molecule has 0 aliphatic heterocycles. The Morgan fingerprint density at radius 1 is 1.24 bits per heavy atom. The third kappa shape index (κ3) is 8.24. The van der Waals surface area contributed by atoms with E-state index in [2.05, 4.69) is 5.32 Å². The van der Waals surface area contributed by atoms with Crippen LogP contribution in [0.2, 0.25) is 0 Å². The Morgan fingerprint density at radius 3 is 2.56 bits per heavy atom. The molecule has 0 fully saturated rings. The van der Waals surface area contributed by atoms with E-state index in [9.17, 15) is 9.59 Å². The van der Waals surface area contributed by atoms with Gasteiger partial charge in [0, 0.05) is 13.6 Å². The molecule has 0 atom stereocenters. The lowest BCUT2D eigenvalue weighted by atomic mass is 10.1. The van der Waals surface area contributed by atoms with Crippen LogP contribution in [0.3, 0.4) is 0 Å². The zero-order valence-corrected chi connectivity index (χ0v) is 15.7. The van der Waals surface area contributed by atoms with Gasteiger partial charge in [0.2, 0.25) is 5.91 Å². The van der Waals surface area contributed by atoms with E-state index in [0.717, 1.165) is 11.1 Å². The van der Waals surface area contributed by atoms with Crippen LogP contribution in [-0.4, -0.2) is 42.7 Å². The number of hydrogen-bond acceptors (Lipinski definition) is 4. The highest BCUT2D eigenvalue weighted by molar-refractivity contribution is 5.82. The van der Waals surface area contributed by atoms with Crippen LogP contribution in [0.4, 0.5) is 4.79 Å². The van der Waals surface area contributed by atoms with E-state index in [1.54, 1.807) is 39.0 Å². The van der Waals surface area contributed by atoms with Gasteiger partial charge in [-0.3, -0.25) is 4.79 Å². The van der Waals surface area contributed by atoms with Crippen molar-refractivity contribution in [2.45, 2.75) is 39.8 Å². The van der Waals surface area contributed by atoms with E-state index >= 15 is 0 Å². The molecule has 25 heavy (non-hydrogen) atoms. The number of nitrogens with zero attached hydrogens (tertiary/aromatic N) is 1. The largest absolute Gasteiger partial charge is 0.501 e. The smallest absolute Gasteiger partial charge is 0.408 e. The molecule has 6 heteroatoms. The summed E-state index contributed by atoms with van der Waals surface area (Å²) in [6.45, 7) is 8.16. The normalized spacial score (nSPS) is 11.2. The van der Waals surface area contributed by atoms with Crippen molar-refractivity contribution >= 4 is 18.1 Å². The minimum Gasteiger partial charge on any atom is -0.501 e. The van der Waals surface area contributed by atoms with Crippen LogP contribution in [0.15, 0.2) is 30.5 Å². The van der Waals surface area contributed by atoms with E-state index in [-0.39, 0.29) is 12.5 Å². The van der Waals surface area contributed by atoms with Crippen LogP contribution in [0.1, 0.15) is 38.8 Å². The van der Waals surface area contributed by atoms with Gasteiger partial charge in [-0.2, -0.15) is 0 Å². The molecule has 0 saturated heterocycles. The molecule has 6 nitrogen and oxygen atoms in total. The van der Waals surface area contributed by atoms with E-state index in [0.29, 0.717) is 13.2 Å². The summed E-state index contributed by atoms with van der Waals surface area (Å²) in [5, 5.41) is 2.48. The first-order valence-electron chi connectivity index (χ1n) is 8.30. The summed E-state index contributed by atoms with van der Waals surface area (Å²) in [4.78, 5) is 25.4. The molecule has 0 aromatic heterocycles. The van der Waals surface area contributed by atoms with Gasteiger partial charge in [0.25, 0.3) is 0 Å². The number of amides is 2. The van der Waals surface area contributed by atoms with Gasteiger partial charge < -0.3 is 19.7 Å². The first-order valence-corrected chi connectivity index (χ1v) is 8.30. The highest BCUT2D eigenvalue weighted by Gasteiger charge is 2.18. The standard InChI is InChI=1S/C19H28N2O4/c1-6-24-12-11-15-9-7-8-10-16(15)14-21(5)17(22)13-20-18(23)25-19(2,3)4/h7-12H,6,13-14H2,1-5H3,(H,20,23). The highest BCUT2D eigenvalue weighted by atomic mass is 16.6. The number of nitrogens with one attached hydrogen (secondary N) is 1. The molecule has 1 aromatic rings. The van der Waals surface area contributed by atoms with Gasteiger partial charge in [-0.1, -0.05) is 24.3 Å². The van der Waals surface area contributed by atoms with Gasteiger partial charge in [-0.25, -0.2) is 4.79 Å². The van der Waals surface area contributed by atoms with Crippen molar-refractivity contribution in [3.8, 4) is 0 Å². The van der Waals surface area contributed by atoms with Crippen molar-refractivity contribution in [3.05, 3.63) is 41.7 Å². The van der Waals surface area contributed by atoms with Crippen molar-refractivity contribution in [2.75, 3.05) is 20.2 Å². The van der Waals surface area contributed by atoms with Crippen molar-refractivity contribution in [3.63, 3.8) is 0 Å². The summed E-state index contributed by atoms with van der Waals surface area (Å²) >= 11 is 0. The fourth-order valence-corrected chi connectivity index (χ4v) is 2.00. The third-order valence-electron chi connectivity index (χ3n) is 3.18. The Morgan fingerprint density at radius 2 is 1.92 bits per heavy atom. The van der Waals surface area contributed by atoms with Crippen molar-refractivity contribution in [1.82, 2.24) is 10.2 Å². The summed E-state index contributed by atoms with van der Waals surface area (Å²) in [7, 11) is 1.70. The van der Waals surface area contributed by atoms with Gasteiger partial charge in [0.05, 0.1) is 12.9 Å². The van der Waals surface area contributed by atoms with Gasteiger partial charge in [-0.05, 0) is 44.9 Å². The molecule has 0 heterocycles. The van der Waals surface area contributed by atoms with Crippen LogP contribution < -0.4 is 5.32 Å². The van der Waals surface area contributed by atoms with Crippen LogP contribution in [0.5, 0.6) is 0 Å². The number of ether oxygens (including phenoxy) is 2. The summed E-state index contributed by atoms with van der Waals surface area (Å²) in [6, 6.07) is 7.77. The average Bonchev–Trinajstić information content (AvgIpc) is 2.52.